The minimum absolute atomic E-state index is 0.174. The van der Waals surface area contributed by atoms with Crippen molar-refractivity contribution in [3.8, 4) is 5.75 Å². The second kappa shape index (κ2) is 6.44. The van der Waals surface area contributed by atoms with Crippen molar-refractivity contribution in [3.63, 3.8) is 0 Å². The molecule has 1 unspecified atom stereocenters. The molecule has 1 aromatic rings. The summed E-state index contributed by atoms with van der Waals surface area (Å²) >= 11 is 0. The fourth-order valence-electron chi connectivity index (χ4n) is 2.15. The van der Waals surface area contributed by atoms with Gasteiger partial charge in [0.05, 0.1) is 11.5 Å². The van der Waals surface area contributed by atoms with Gasteiger partial charge in [-0.2, -0.15) is 4.31 Å². The van der Waals surface area contributed by atoms with Crippen molar-refractivity contribution in [1.82, 2.24) is 9.62 Å². The van der Waals surface area contributed by atoms with Crippen molar-refractivity contribution in [2.24, 2.45) is 0 Å². The van der Waals surface area contributed by atoms with E-state index in [0.29, 0.717) is 18.9 Å². The lowest BCUT2D eigenvalue weighted by Gasteiger charge is -2.31. The third-order valence-corrected chi connectivity index (χ3v) is 5.33. The highest BCUT2D eigenvalue weighted by atomic mass is 32.2. The van der Waals surface area contributed by atoms with Crippen molar-refractivity contribution in [2.45, 2.75) is 31.2 Å². The van der Waals surface area contributed by atoms with Crippen LogP contribution in [0.2, 0.25) is 0 Å². The highest BCUT2D eigenvalue weighted by molar-refractivity contribution is 7.89. The minimum atomic E-state index is -3.66. The van der Waals surface area contributed by atoms with Gasteiger partial charge in [0.15, 0.2) is 0 Å². The lowest BCUT2D eigenvalue weighted by atomic mass is 10.2. The Labute approximate surface area is 125 Å². The summed E-state index contributed by atoms with van der Waals surface area (Å²) in [6, 6.07) is 5.60. The van der Waals surface area contributed by atoms with Crippen LogP contribution in [-0.4, -0.2) is 44.4 Å². The first-order chi connectivity index (χ1) is 9.96. The molecule has 0 spiro atoms. The Hall–Kier alpha value is -1.60. The summed E-state index contributed by atoms with van der Waals surface area (Å²) in [5.41, 5.74) is 0. The largest absolute Gasteiger partial charge is 0.494 e. The molecule has 0 bridgehead atoms. The van der Waals surface area contributed by atoms with Gasteiger partial charge in [0.25, 0.3) is 0 Å². The predicted octanol–water partition coefficient (Wildman–Crippen LogP) is 0.984. The van der Waals surface area contributed by atoms with Gasteiger partial charge in [-0.25, -0.2) is 8.42 Å². The number of carbonyl (C=O) groups is 1. The number of piperazine rings is 1. The average molecular weight is 312 g/mol. The zero-order valence-electron chi connectivity index (χ0n) is 12.2. The van der Waals surface area contributed by atoms with Crippen molar-refractivity contribution in [2.75, 3.05) is 19.7 Å². The number of rotatable bonds is 5. The molecule has 1 aliphatic heterocycles. The molecule has 6 nitrogen and oxygen atoms in total. The number of hydrogen-bond acceptors (Lipinski definition) is 4. The monoisotopic (exact) mass is 312 g/mol. The van der Waals surface area contributed by atoms with Gasteiger partial charge in [-0.15, -0.1) is 0 Å². The van der Waals surface area contributed by atoms with Crippen LogP contribution in [0.15, 0.2) is 29.2 Å². The Morgan fingerprint density at radius 2 is 2.00 bits per heavy atom. The van der Waals surface area contributed by atoms with Crippen LogP contribution in [0.4, 0.5) is 0 Å². The molecule has 1 N–H and O–H groups in total. The van der Waals surface area contributed by atoms with Crippen LogP contribution >= 0.6 is 0 Å². The van der Waals surface area contributed by atoms with Gasteiger partial charge in [0, 0.05) is 13.1 Å². The zero-order chi connectivity index (χ0) is 15.5. The molecule has 1 amide bonds. The molecule has 1 aromatic carbocycles. The highest BCUT2D eigenvalue weighted by Gasteiger charge is 2.35. The average Bonchev–Trinajstić information content (AvgIpc) is 2.48. The lowest BCUT2D eigenvalue weighted by Crippen LogP contribution is -2.55. The zero-order valence-corrected chi connectivity index (χ0v) is 13.0. The summed E-state index contributed by atoms with van der Waals surface area (Å²) in [7, 11) is -3.66. The molecule has 1 saturated heterocycles. The smallest absolute Gasteiger partial charge is 0.243 e. The standard InChI is InChI=1S/C14H20N2O4S/c1-3-10-20-12-4-6-13(7-5-12)21(18,19)16-9-8-15-14(17)11(16)2/h4-7,11H,3,8-10H2,1-2H3,(H,15,17). The summed E-state index contributed by atoms with van der Waals surface area (Å²) in [4.78, 5) is 11.8. The first-order valence-corrected chi connectivity index (χ1v) is 8.43. The summed E-state index contributed by atoms with van der Waals surface area (Å²) in [6.07, 6.45) is 0.889. The first-order valence-electron chi connectivity index (χ1n) is 6.99. The van der Waals surface area contributed by atoms with Crippen molar-refractivity contribution >= 4 is 15.9 Å². The van der Waals surface area contributed by atoms with Crippen molar-refractivity contribution in [1.29, 1.82) is 0 Å². The molecule has 7 heteroatoms. The van der Waals surface area contributed by atoms with Gasteiger partial charge < -0.3 is 10.1 Å². The maximum Gasteiger partial charge on any atom is 0.243 e. The van der Waals surface area contributed by atoms with E-state index in [2.05, 4.69) is 5.32 Å². The number of sulfonamides is 1. The number of ether oxygens (including phenoxy) is 1. The maximum atomic E-state index is 12.6. The number of amides is 1. The van der Waals surface area contributed by atoms with E-state index in [1.165, 1.54) is 16.4 Å². The van der Waals surface area contributed by atoms with Gasteiger partial charge in [-0.1, -0.05) is 6.92 Å². The Morgan fingerprint density at radius 1 is 1.33 bits per heavy atom. The maximum absolute atomic E-state index is 12.6. The number of hydrogen-bond donors (Lipinski definition) is 1. The van der Waals surface area contributed by atoms with E-state index in [1.807, 2.05) is 6.92 Å². The molecule has 0 aliphatic carbocycles. The third-order valence-electron chi connectivity index (χ3n) is 3.35. The number of carbonyl (C=O) groups excluding carboxylic acids is 1. The summed E-state index contributed by atoms with van der Waals surface area (Å²) in [6.45, 7) is 4.80. The van der Waals surface area contributed by atoms with E-state index in [1.54, 1.807) is 19.1 Å². The van der Waals surface area contributed by atoms with Crippen LogP contribution in [0, 0.1) is 0 Å². The van der Waals surface area contributed by atoms with Crippen LogP contribution < -0.4 is 10.1 Å². The van der Waals surface area contributed by atoms with E-state index < -0.39 is 16.1 Å². The van der Waals surface area contributed by atoms with E-state index in [4.69, 9.17) is 4.74 Å². The molecule has 2 rings (SSSR count). The van der Waals surface area contributed by atoms with Gasteiger partial charge in [0.1, 0.15) is 11.8 Å². The third kappa shape index (κ3) is 3.36. The number of nitrogens with zero attached hydrogens (tertiary/aromatic N) is 1. The molecular weight excluding hydrogens is 292 g/mol. The van der Waals surface area contributed by atoms with Crippen molar-refractivity contribution < 1.29 is 17.9 Å². The molecule has 116 valence electrons. The molecule has 1 heterocycles. The van der Waals surface area contributed by atoms with Crippen LogP contribution in [0.1, 0.15) is 20.3 Å². The predicted molar refractivity (Wildman–Crippen MR) is 78.6 cm³/mol. The fraction of sp³-hybridized carbons (Fsp3) is 0.500. The van der Waals surface area contributed by atoms with Gasteiger partial charge in [-0.05, 0) is 37.6 Å². The molecule has 0 saturated carbocycles. The van der Waals surface area contributed by atoms with Crippen LogP contribution in [0.25, 0.3) is 0 Å². The summed E-state index contributed by atoms with van der Waals surface area (Å²) in [5.74, 6) is 0.368. The van der Waals surface area contributed by atoms with Gasteiger partial charge in [0.2, 0.25) is 15.9 Å². The van der Waals surface area contributed by atoms with Gasteiger partial charge >= 0.3 is 0 Å². The molecule has 0 radical (unpaired) electrons. The second-order valence-electron chi connectivity index (χ2n) is 4.90. The molecule has 0 aromatic heterocycles. The minimum Gasteiger partial charge on any atom is -0.494 e. The first kappa shape index (κ1) is 15.8. The SMILES string of the molecule is CCCOc1ccc(S(=O)(=O)N2CCNC(=O)C2C)cc1. The normalized spacial score (nSPS) is 20.1. The quantitative estimate of drug-likeness (QED) is 0.879. The van der Waals surface area contributed by atoms with E-state index >= 15 is 0 Å². The summed E-state index contributed by atoms with van der Waals surface area (Å²) in [5, 5.41) is 2.65. The number of benzene rings is 1. The van der Waals surface area contributed by atoms with Crippen LogP contribution in [0.5, 0.6) is 5.75 Å². The molecule has 21 heavy (non-hydrogen) atoms. The summed E-state index contributed by atoms with van der Waals surface area (Å²) < 4.78 is 31.8. The Morgan fingerprint density at radius 3 is 2.62 bits per heavy atom. The van der Waals surface area contributed by atoms with Crippen LogP contribution in [0.3, 0.4) is 0 Å². The van der Waals surface area contributed by atoms with Gasteiger partial charge in [-0.3, -0.25) is 4.79 Å². The van der Waals surface area contributed by atoms with Crippen LogP contribution in [-0.2, 0) is 14.8 Å². The highest BCUT2D eigenvalue weighted by Crippen LogP contribution is 2.22. The molecule has 1 fully saturated rings. The second-order valence-corrected chi connectivity index (χ2v) is 6.79. The molecule has 1 atom stereocenters. The molecular formula is C14H20N2O4S. The Kier molecular flexibility index (Phi) is 4.84. The fourth-order valence-corrected chi connectivity index (χ4v) is 3.75. The molecule has 1 aliphatic rings. The van der Waals surface area contributed by atoms with Crippen molar-refractivity contribution in [3.05, 3.63) is 24.3 Å². The Balaban J connectivity index is 2.21. The van der Waals surface area contributed by atoms with E-state index in [-0.39, 0.29) is 17.3 Å². The number of nitrogens with one attached hydrogen (secondary N) is 1. The topological polar surface area (TPSA) is 75.7 Å². The van der Waals surface area contributed by atoms with E-state index in [9.17, 15) is 13.2 Å². The lowest BCUT2D eigenvalue weighted by molar-refractivity contribution is -0.126. The van der Waals surface area contributed by atoms with E-state index in [0.717, 1.165) is 6.42 Å². The Bertz CT molecular complexity index is 598.